The Labute approximate surface area is 167 Å². The van der Waals surface area contributed by atoms with Crippen molar-refractivity contribution >= 4 is 27.7 Å². The highest BCUT2D eigenvalue weighted by Gasteiger charge is 2.18. The number of rotatable bonds is 6. The van der Waals surface area contributed by atoms with Gasteiger partial charge >= 0.3 is 0 Å². The zero-order valence-corrected chi connectivity index (χ0v) is 17.3. The number of ether oxygens (including phenoxy) is 2. The summed E-state index contributed by atoms with van der Waals surface area (Å²) in [5.41, 5.74) is 7.31. The molecule has 0 fully saturated rings. The van der Waals surface area contributed by atoms with Gasteiger partial charge in [0.1, 0.15) is 11.5 Å². The number of aryl methyl sites for hydroxylation is 2. The van der Waals surface area contributed by atoms with Gasteiger partial charge in [0.05, 0.1) is 12.2 Å². The largest absolute Gasteiger partial charge is 0.493 e. The molecule has 2 aromatic rings. The highest BCUT2D eigenvalue weighted by molar-refractivity contribution is 9.10. The van der Waals surface area contributed by atoms with Crippen molar-refractivity contribution in [3.05, 3.63) is 57.6 Å². The summed E-state index contributed by atoms with van der Waals surface area (Å²) in [4.78, 5) is 24.6. The average Bonchev–Trinajstić information content (AvgIpc) is 2.64. The van der Waals surface area contributed by atoms with Gasteiger partial charge in [0.15, 0.2) is 6.10 Å². The zero-order chi connectivity index (χ0) is 20.0. The molecule has 0 bridgehead atoms. The van der Waals surface area contributed by atoms with Gasteiger partial charge in [-0.1, -0.05) is 22.0 Å². The first-order chi connectivity index (χ1) is 12.8. The summed E-state index contributed by atoms with van der Waals surface area (Å²) in [6.45, 7) is 7.85. The van der Waals surface area contributed by atoms with E-state index in [0.717, 1.165) is 15.6 Å². The second kappa shape index (κ2) is 9.41. The fourth-order valence-electron chi connectivity index (χ4n) is 2.29. The maximum absolute atomic E-state index is 12.4. The lowest BCUT2D eigenvalue weighted by atomic mass is 10.1. The quantitative estimate of drug-likeness (QED) is 0.679. The highest BCUT2D eigenvalue weighted by Crippen LogP contribution is 2.23. The maximum Gasteiger partial charge on any atom is 0.279 e. The van der Waals surface area contributed by atoms with E-state index in [-0.39, 0.29) is 0 Å². The van der Waals surface area contributed by atoms with Crippen LogP contribution in [-0.4, -0.2) is 24.5 Å². The molecule has 7 heteroatoms. The van der Waals surface area contributed by atoms with Crippen LogP contribution in [-0.2, 0) is 4.79 Å². The molecule has 1 atom stereocenters. The Hall–Kier alpha value is -2.54. The summed E-state index contributed by atoms with van der Waals surface area (Å²) in [5, 5.41) is 0. The predicted octanol–water partition coefficient (Wildman–Crippen LogP) is 3.69. The molecule has 0 saturated carbocycles. The molecule has 0 heterocycles. The third-order valence-corrected chi connectivity index (χ3v) is 4.44. The van der Waals surface area contributed by atoms with Crippen LogP contribution in [0.15, 0.2) is 40.9 Å². The van der Waals surface area contributed by atoms with Crippen molar-refractivity contribution in [1.82, 2.24) is 10.9 Å². The Morgan fingerprint density at radius 2 is 1.81 bits per heavy atom. The molecule has 0 aromatic heterocycles. The number of amides is 2. The van der Waals surface area contributed by atoms with Gasteiger partial charge in [-0.15, -0.1) is 0 Å². The number of benzene rings is 2. The number of carbonyl (C=O) groups is 2. The molecule has 0 aliphatic carbocycles. The van der Waals surface area contributed by atoms with E-state index < -0.39 is 17.9 Å². The molecule has 0 spiro atoms. The fourth-order valence-corrected chi connectivity index (χ4v) is 2.65. The van der Waals surface area contributed by atoms with Gasteiger partial charge < -0.3 is 9.47 Å². The van der Waals surface area contributed by atoms with Crippen LogP contribution in [0.1, 0.15) is 35.3 Å². The van der Waals surface area contributed by atoms with Crippen LogP contribution in [0.25, 0.3) is 0 Å². The third kappa shape index (κ3) is 5.72. The monoisotopic (exact) mass is 434 g/mol. The van der Waals surface area contributed by atoms with Crippen LogP contribution in [0.3, 0.4) is 0 Å². The van der Waals surface area contributed by atoms with Gasteiger partial charge in [-0.25, -0.2) is 0 Å². The first-order valence-electron chi connectivity index (χ1n) is 8.58. The molecule has 2 amide bonds. The standard InChI is InChI=1S/C20H23BrN2O4/c1-5-26-18-9-7-15(21)11-17(18)20(25)23-22-19(24)14(4)27-16-8-6-12(2)13(3)10-16/h6-11,14H,5H2,1-4H3,(H,22,24)(H,23,25). The minimum Gasteiger partial charge on any atom is -0.493 e. The Kier molecular flexibility index (Phi) is 7.24. The lowest BCUT2D eigenvalue weighted by Crippen LogP contribution is -2.47. The summed E-state index contributed by atoms with van der Waals surface area (Å²) >= 11 is 3.32. The Morgan fingerprint density at radius 3 is 2.48 bits per heavy atom. The number of hydrazine groups is 1. The lowest BCUT2D eigenvalue weighted by Gasteiger charge is -2.16. The zero-order valence-electron chi connectivity index (χ0n) is 15.8. The van der Waals surface area contributed by atoms with Gasteiger partial charge in [0.25, 0.3) is 11.8 Å². The maximum atomic E-state index is 12.4. The van der Waals surface area contributed by atoms with Crippen LogP contribution < -0.4 is 20.3 Å². The molecule has 2 rings (SSSR count). The van der Waals surface area contributed by atoms with Crippen LogP contribution in [0, 0.1) is 13.8 Å². The molecule has 2 N–H and O–H groups in total. The van der Waals surface area contributed by atoms with Crippen LogP contribution >= 0.6 is 15.9 Å². The molecule has 144 valence electrons. The van der Waals surface area contributed by atoms with Crippen molar-refractivity contribution in [1.29, 1.82) is 0 Å². The number of halogens is 1. The normalized spacial score (nSPS) is 11.4. The van der Waals surface area contributed by atoms with Gasteiger partial charge in [-0.05, 0) is 69.2 Å². The van der Waals surface area contributed by atoms with Gasteiger partial charge in [0.2, 0.25) is 0 Å². The van der Waals surface area contributed by atoms with Crippen molar-refractivity contribution < 1.29 is 19.1 Å². The second-order valence-corrected chi connectivity index (χ2v) is 6.94. The average molecular weight is 435 g/mol. The van der Waals surface area contributed by atoms with Crippen LogP contribution in [0.5, 0.6) is 11.5 Å². The van der Waals surface area contributed by atoms with E-state index in [2.05, 4.69) is 26.8 Å². The van der Waals surface area contributed by atoms with Crippen molar-refractivity contribution in [3.8, 4) is 11.5 Å². The first-order valence-corrected chi connectivity index (χ1v) is 9.37. The molecule has 0 aliphatic rings. The number of hydrogen-bond donors (Lipinski definition) is 2. The summed E-state index contributed by atoms with van der Waals surface area (Å²) in [6.07, 6.45) is -0.777. The Bertz CT molecular complexity index is 839. The Balaban J connectivity index is 1.97. The van der Waals surface area contributed by atoms with Gasteiger partial charge in [-0.3, -0.25) is 20.4 Å². The van der Waals surface area contributed by atoms with Crippen molar-refractivity contribution in [2.45, 2.75) is 33.8 Å². The van der Waals surface area contributed by atoms with Gasteiger partial charge in [-0.2, -0.15) is 0 Å². The summed E-state index contributed by atoms with van der Waals surface area (Å²) < 4.78 is 11.8. The first kappa shape index (κ1) is 20.8. The van der Waals surface area contributed by atoms with E-state index in [9.17, 15) is 9.59 Å². The SMILES string of the molecule is CCOc1ccc(Br)cc1C(=O)NNC(=O)C(C)Oc1ccc(C)c(C)c1. The van der Waals surface area contributed by atoms with E-state index in [1.165, 1.54) is 0 Å². The van der Waals surface area contributed by atoms with E-state index in [0.29, 0.717) is 23.7 Å². The minimum absolute atomic E-state index is 0.314. The molecule has 27 heavy (non-hydrogen) atoms. The fraction of sp³-hybridized carbons (Fsp3) is 0.300. The Morgan fingerprint density at radius 1 is 1.07 bits per heavy atom. The van der Waals surface area contributed by atoms with Crippen molar-refractivity contribution in [2.75, 3.05) is 6.61 Å². The van der Waals surface area contributed by atoms with E-state index in [4.69, 9.17) is 9.47 Å². The number of hydrogen-bond acceptors (Lipinski definition) is 4. The van der Waals surface area contributed by atoms with Crippen molar-refractivity contribution in [2.24, 2.45) is 0 Å². The van der Waals surface area contributed by atoms with Gasteiger partial charge in [0, 0.05) is 4.47 Å². The summed E-state index contributed by atoms with van der Waals surface area (Å²) in [7, 11) is 0. The molecule has 0 radical (unpaired) electrons. The predicted molar refractivity (Wildman–Crippen MR) is 107 cm³/mol. The summed E-state index contributed by atoms with van der Waals surface area (Å²) in [5.74, 6) is 0.0885. The smallest absolute Gasteiger partial charge is 0.279 e. The molecule has 0 aliphatic heterocycles. The second-order valence-electron chi connectivity index (χ2n) is 6.02. The molecular formula is C20H23BrN2O4. The van der Waals surface area contributed by atoms with Crippen LogP contribution in [0.4, 0.5) is 0 Å². The number of carbonyl (C=O) groups excluding carboxylic acids is 2. The molecular weight excluding hydrogens is 412 g/mol. The third-order valence-electron chi connectivity index (χ3n) is 3.95. The summed E-state index contributed by atoms with van der Waals surface area (Å²) in [6, 6.07) is 10.7. The topological polar surface area (TPSA) is 76.7 Å². The molecule has 6 nitrogen and oxygen atoms in total. The number of nitrogens with one attached hydrogen (secondary N) is 2. The van der Waals surface area contributed by atoms with E-state index in [1.807, 2.05) is 32.9 Å². The molecule has 1 unspecified atom stereocenters. The van der Waals surface area contributed by atoms with E-state index in [1.54, 1.807) is 31.2 Å². The molecule has 2 aromatic carbocycles. The van der Waals surface area contributed by atoms with E-state index >= 15 is 0 Å². The van der Waals surface area contributed by atoms with Crippen molar-refractivity contribution in [3.63, 3.8) is 0 Å². The highest BCUT2D eigenvalue weighted by atomic mass is 79.9. The molecule has 0 saturated heterocycles. The van der Waals surface area contributed by atoms with Crippen LogP contribution in [0.2, 0.25) is 0 Å². The minimum atomic E-state index is -0.777. The lowest BCUT2D eigenvalue weighted by molar-refractivity contribution is -0.128.